The Hall–Kier alpha value is -2.89. The van der Waals surface area contributed by atoms with Crippen LogP contribution in [0, 0.1) is 24.0 Å². The number of nitrogens with zero attached hydrogens (tertiary/aromatic N) is 1. The number of nitro benzene ring substituents is 1. The Morgan fingerprint density at radius 3 is 2.33 bits per heavy atom. The lowest BCUT2D eigenvalue weighted by Crippen LogP contribution is -2.15. The van der Waals surface area contributed by atoms with Gasteiger partial charge in [0.25, 0.3) is 11.6 Å². The van der Waals surface area contributed by atoms with Crippen LogP contribution in [-0.2, 0) is 0 Å². The SMILES string of the molecule is Cc1cccc(C)c1C(=O)Nc1ccc([N+](=O)[O-])cc1O. The number of nitro groups is 1. The van der Waals surface area contributed by atoms with E-state index in [1.54, 1.807) is 0 Å². The molecule has 0 aliphatic heterocycles. The van der Waals surface area contributed by atoms with Crippen LogP contribution in [0.25, 0.3) is 0 Å². The molecule has 0 saturated heterocycles. The molecule has 1 amide bonds. The van der Waals surface area contributed by atoms with E-state index in [-0.39, 0.29) is 23.0 Å². The molecule has 0 heterocycles. The molecular formula is C15H14N2O4. The van der Waals surface area contributed by atoms with Gasteiger partial charge in [-0.1, -0.05) is 18.2 Å². The fourth-order valence-electron chi connectivity index (χ4n) is 2.10. The van der Waals surface area contributed by atoms with Gasteiger partial charge in [-0.25, -0.2) is 0 Å². The van der Waals surface area contributed by atoms with E-state index in [4.69, 9.17) is 0 Å². The van der Waals surface area contributed by atoms with E-state index in [0.717, 1.165) is 17.2 Å². The quantitative estimate of drug-likeness (QED) is 0.515. The molecule has 2 rings (SSSR count). The predicted molar refractivity (Wildman–Crippen MR) is 78.6 cm³/mol. The Morgan fingerprint density at radius 2 is 1.81 bits per heavy atom. The number of benzene rings is 2. The van der Waals surface area contributed by atoms with Crippen molar-refractivity contribution in [3.8, 4) is 5.75 Å². The second-order valence-electron chi connectivity index (χ2n) is 4.68. The molecule has 0 aliphatic carbocycles. The zero-order valence-electron chi connectivity index (χ0n) is 11.6. The van der Waals surface area contributed by atoms with Crippen molar-refractivity contribution in [1.82, 2.24) is 0 Å². The van der Waals surface area contributed by atoms with E-state index >= 15 is 0 Å². The zero-order valence-corrected chi connectivity index (χ0v) is 11.6. The highest BCUT2D eigenvalue weighted by Crippen LogP contribution is 2.28. The van der Waals surface area contributed by atoms with E-state index in [9.17, 15) is 20.0 Å². The van der Waals surface area contributed by atoms with Gasteiger partial charge in [0.1, 0.15) is 5.75 Å². The molecule has 2 aromatic rings. The van der Waals surface area contributed by atoms with Crippen LogP contribution in [0.15, 0.2) is 36.4 Å². The average Bonchev–Trinajstić information content (AvgIpc) is 2.40. The fourth-order valence-corrected chi connectivity index (χ4v) is 2.10. The molecule has 21 heavy (non-hydrogen) atoms. The number of rotatable bonds is 3. The summed E-state index contributed by atoms with van der Waals surface area (Å²) < 4.78 is 0. The third-order valence-corrected chi connectivity index (χ3v) is 3.15. The minimum Gasteiger partial charge on any atom is -0.506 e. The number of carbonyl (C=O) groups excluding carboxylic acids is 1. The van der Waals surface area contributed by atoms with Gasteiger partial charge in [-0.05, 0) is 31.0 Å². The van der Waals surface area contributed by atoms with Crippen molar-refractivity contribution in [2.75, 3.05) is 5.32 Å². The summed E-state index contributed by atoms with van der Waals surface area (Å²) in [5.74, 6) is -0.710. The molecule has 0 unspecified atom stereocenters. The maximum atomic E-state index is 12.3. The number of anilines is 1. The van der Waals surface area contributed by atoms with Gasteiger partial charge in [0.05, 0.1) is 16.7 Å². The molecule has 108 valence electrons. The van der Waals surface area contributed by atoms with Crippen molar-refractivity contribution in [2.45, 2.75) is 13.8 Å². The fraction of sp³-hybridized carbons (Fsp3) is 0.133. The lowest BCUT2D eigenvalue weighted by molar-refractivity contribution is -0.384. The minimum atomic E-state index is -0.614. The van der Waals surface area contributed by atoms with E-state index in [1.807, 2.05) is 32.0 Å². The molecule has 2 aromatic carbocycles. The highest BCUT2D eigenvalue weighted by molar-refractivity contribution is 6.07. The van der Waals surface area contributed by atoms with Crippen molar-refractivity contribution >= 4 is 17.3 Å². The number of phenols is 1. The summed E-state index contributed by atoms with van der Waals surface area (Å²) in [5, 5.41) is 22.9. The first-order chi connectivity index (χ1) is 9.90. The molecule has 0 bridgehead atoms. The maximum Gasteiger partial charge on any atom is 0.273 e. The van der Waals surface area contributed by atoms with Crippen LogP contribution in [-0.4, -0.2) is 15.9 Å². The van der Waals surface area contributed by atoms with Gasteiger partial charge in [-0.15, -0.1) is 0 Å². The number of aryl methyl sites for hydroxylation is 2. The molecule has 0 atom stereocenters. The largest absolute Gasteiger partial charge is 0.506 e. The highest BCUT2D eigenvalue weighted by Gasteiger charge is 2.15. The molecular weight excluding hydrogens is 272 g/mol. The van der Waals surface area contributed by atoms with Crippen LogP contribution in [0.5, 0.6) is 5.75 Å². The third-order valence-electron chi connectivity index (χ3n) is 3.15. The Labute approximate surface area is 121 Å². The molecule has 0 saturated carbocycles. The van der Waals surface area contributed by atoms with Gasteiger partial charge in [0.2, 0.25) is 0 Å². The second-order valence-corrected chi connectivity index (χ2v) is 4.68. The van der Waals surface area contributed by atoms with E-state index < -0.39 is 4.92 Å². The summed E-state index contributed by atoms with van der Waals surface area (Å²) in [5.41, 5.74) is 2.05. The summed E-state index contributed by atoms with van der Waals surface area (Å²) in [6.07, 6.45) is 0. The average molecular weight is 286 g/mol. The monoisotopic (exact) mass is 286 g/mol. The smallest absolute Gasteiger partial charge is 0.273 e. The third kappa shape index (κ3) is 3.00. The molecule has 0 fully saturated rings. The van der Waals surface area contributed by atoms with Crippen LogP contribution < -0.4 is 5.32 Å². The van der Waals surface area contributed by atoms with Gasteiger partial charge >= 0.3 is 0 Å². The normalized spacial score (nSPS) is 10.2. The van der Waals surface area contributed by atoms with Gasteiger partial charge < -0.3 is 10.4 Å². The Kier molecular flexibility index (Phi) is 3.89. The minimum absolute atomic E-state index is 0.133. The van der Waals surface area contributed by atoms with E-state index in [1.165, 1.54) is 12.1 Å². The molecule has 6 nitrogen and oxygen atoms in total. The highest BCUT2D eigenvalue weighted by atomic mass is 16.6. The summed E-state index contributed by atoms with van der Waals surface area (Å²) in [6, 6.07) is 9.01. The van der Waals surface area contributed by atoms with Crippen molar-refractivity contribution < 1.29 is 14.8 Å². The van der Waals surface area contributed by atoms with Crippen molar-refractivity contribution in [3.63, 3.8) is 0 Å². The molecule has 2 N–H and O–H groups in total. The van der Waals surface area contributed by atoms with Crippen molar-refractivity contribution in [3.05, 3.63) is 63.2 Å². The topological polar surface area (TPSA) is 92.5 Å². The summed E-state index contributed by atoms with van der Waals surface area (Å²) in [4.78, 5) is 22.3. The van der Waals surface area contributed by atoms with Crippen molar-refractivity contribution in [1.29, 1.82) is 0 Å². The Bertz CT molecular complexity index is 705. The Morgan fingerprint density at radius 1 is 1.19 bits per heavy atom. The molecule has 0 aliphatic rings. The van der Waals surface area contributed by atoms with Crippen LogP contribution >= 0.6 is 0 Å². The number of nitrogens with one attached hydrogen (secondary N) is 1. The number of hydrogen-bond donors (Lipinski definition) is 2. The number of amides is 1. The summed E-state index contributed by atoms with van der Waals surface area (Å²) >= 11 is 0. The lowest BCUT2D eigenvalue weighted by atomic mass is 10.0. The van der Waals surface area contributed by atoms with Gasteiger partial charge in [-0.2, -0.15) is 0 Å². The second kappa shape index (κ2) is 5.62. The maximum absolute atomic E-state index is 12.3. The molecule has 6 heteroatoms. The Balaban J connectivity index is 2.30. The molecule has 0 aromatic heterocycles. The summed E-state index contributed by atoms with van der Waals surface area (Å²) in [7, 11) is 0. The number of hydrogen-bond acceptors (Lipinski definition) is 4. The predicted octanol–water partition coefficient (Wildman–Crippen LogP) is 3.17. The lowest BCUT2D eigenvalue weighted by Gasteiger charge is -2.11. The summed E-state index contributed by atoms with van der Waals surface area (Å²) in [6.45, 7) is 3.63. The van der Waals surface area contributed by atoms with Crippen LogP contribution in [0.1, 0.15) is 21.5 Å². The van der Waals surface area contributed by atoms with Crippen LogP contribution in [0.2, 0.25) is 0 Å². The number of non-ortho nitro benzene ring substituents is 1. The first-order valence-corrected chi connectivity index (χ1v) is 6.25. The van der Waals surface area contributed by atoms with Crippen LogP contribution in [0.3, 0.4) is 0 Å². The van der Waals surface area contributed by atoms with Gasteiger partial charge in [0, 0.05) is 11.6 Å². The first-order valence-electron chi connectivity index (χ1n) is 6.25. The number of aromatic hydroxyl groups is 1. The van der Waals surface area contributed by atoms with Gasteiger partial charge in [-0.3, -0.25) is 14.9 Å². The van der Waals surface area contributed by atoms with E-state index in [2.05, 4.69) is 5.32 Å². The van der Waals surface area contributed by atoms with Crippen molar-refractivity contribution in [2.24, 2.45) is 0 Å². The number of phenolic OH excluding ortho intramolecular Hbond substituents is 1. The van der Waals surface area contributed by atoms with E-state index in [0.29, 0.717) is 5.56 Å². The first kappa shape index (κ1) is 14.5. The number of carbonyl (C=O) groups is 1. The van der Waals surface area contributed by atoms with Crippen LogP contribution in [0.4, 0.5) is 11.4 Å². The molecule has 0 radical (unpaired) electrons. The standard InChI is InChI=1S/C15H14N2O4/c1-9-4-3-5-10(2)14(9)15(19)16-12-7-6-11(17(20)21)8-13(12)18/h3-8,18H,1-2H3,(H,16,19). The molecule has 0 spiro atoms. The van der Waals surface area contributed by atoms with Gasteiger partial charge in [0.15, 0.2) is 0 Å². The zero-order chi connectivity index (χ0) is 15.6.